The van der Waals surface area contributed by atoms with Crippen LogP contribution in [0.15, 0.2) is 22.8 Å². The maximum Gasteiger partial charge on any atom is 0.305 e. The topological polar surface area (TPSA) is 70.8 Å². The Hall–Kier alpha value is -1.78. The molecule has 2 rings (SSSR count). The van der Waals surface area contributed by atoms with Gasteiger partial charge < -0.3 is 14.4 Å². The Balaban J connectivity index is 1.91. The maximum atomic E-state index is 12.4. The number of carbonyl (C=O) groups is 2. The van der Waals surface area contributed by atoms with Gasteiger partial charge in [0.1, 0.15) is 5.76 Å². The summed E-state index contributed by atoms with van der Waals surface area (Å²) in [6.07, 6.45) is 7.95. The van der Waals surface area contributed by atoms with E-state index in [0.29, 0.717) is 24.6 Å². The Morgan fingerprint density at radius 3 is 2.67 bits per heavy atom. The van der Waals surface area contributed by atoms with Crippen molar-refractivity contribution in [2.45, 2.75) is 51.5 Å². The summed E-state index contributed by atoms with van der Waals surface area (Å²) in [7, 11) is 0. The molecule has 0 bridgehead atoms. The first-order chi connectivity index (χ1) is 10.1. The smallest absolute Gasteiger partial charge is 0.305 e. The SMILES string of the molecule is O=C(O)CCN(Cc1ccco1)C(=O)CC1CCCCC1. The Morgan fingerprint density at radius 1 is 1.29 bits per heavy atom. The summed E-state index contributed by atoms with van der Waals surface area (Å²) in [4.78, 5) is 24.8. The number of aliphatic carboxylic acids is 1. The summed E-state index contributed by atoms with van der Waals surface area (Å²) >= 11 is 0. The van der Waals surface area contributed by atoms with Crippen LogP contribution in [0.2, 0.25) is 0 Å². The third-order valence-corrected chi connectivity index (χ3v) is 4.06. The van der Waals surface area contributed by atoms with Crippen LogP contribution in [0.4, 0.5) is 0 Å². The highest BCUT2D eigenvalue weighted by Crippen LogP contribution is 2.27. The number of amides is 1. The lowest BCUT2D eigenvalue weighted by atomic mass is 9.86. The van der Waals surface area contributed by atoms with Gasteiger partial charge in [0, 0.05) is 13.0 Å². The van der Waals surface area contributed by atoms with Crippen LogP contribution in [0.3, 0.4) is 0 Å². The fourth-order valence-corrected chi connectivity index (χ4v) is 2.88. The molecule has 1 heterocycles. The van der Waals surface area contributed by atoms with Gasteiger partial charge in [-0.2, -0.15) is 0 Å². The number of carbonyl (C=O) groups excluding carboxylic acids is 1. The second-order valence-electron chi connectivity index (χ2n) is 5.75. The largest absolute Gasteiger partial charge is 0.481 e. The van der Waals surface area contributed by atoms with E-state index in [2.05, 4.69) is 0 Å². The molecule has 0 unspecified atom stereocenters. The van der Waals surface area contributed by atoms with Crippen LogP contribution < -0.4 is 0 Å². The highest BCUT2D eigenvalue weighted by Gasteiger charge is 2.22. The molecule has 5 nitrogen and oxygen atoms in total. The number of carboxylic acids is 1. The zero-order valence-electron chi connectivity index (χ0n) is 12.3. The molecule has 0 saturated heterocycles. The number of rotatable bonds is 7. The minimum atomic E-state index is -0.884. The molecule has 1 N–H and O–H groups in total. The second kappa shape index (κ2) is 7.86. The molecule has 0 atom stereocenters. The van der Waals surface area contributed by atoms with Crippen molar-refractivity contribution in [1.82, 2.24) is 4.90 Å². The van der Waals surface area contributed by atoms with Crippen LogP contribution in [0, 0.1) is 5.92 Å². The van der Waals surface area contributed by atoms with Gasteiger partial charge in [-0.25, -0.2) is 0 Å². The zero-order valence-corrected chi connectivity index (χ0v) is 12.3. The van der Waals surface area contributed by atoms with Crippen molar-refractivity contribution in [2.75, 3.05) is 6.54 Å². The van der Waals surface area contributed by atoms with Crippen molar-refractivity contribution in [3.05, 3.63) is 24.2 Å². The van der Waals surface area contributed by atoms with E-state index in [-0.39, 0.29) is 18.9 Å². The van der Waals surface area contributed by atoms with E-state index >= 15 is 0 Å². The van der Waals surface area contributed by atoms with E-state index in [1.165, 1.54) is 19.3 Å². The maximum absolute atomic E-state index is 12.4. The molecule has 21 heavy (non-hydrogen) atoms. The molecule has 0 spiro atoms. The zero-order chi connectivity index (χ0) is 15.1. The molecule has 1 aromatic heterocycles. The summed E-state index contributed by atoms with van der Waals surface area (Å²) < 4.78 is 5.27. The van der Waals surface area contributed by atoms with Crippen LogP contribution >= 0.6 is 0 Å². The van der Waals surface area contributed by atoms with Crippen molar-refractivity contribution < 1.29 is 19.1 Å². The highest BCUT2D eigenvalue weighted by molar-refractivity contribution is 5.77. The molecule has 1 fully saturated rings. The fraction of sp³-hybridized carbons (Fsp3) is 0.625. The first-order valence-electron chi connectivity index (χ1n) is 7.67. The Kier molecular flexibility index (Phi) is 5.84. The number of nitrogens with zero attached hydrogens (tertiary/aromatic N) is 1. The van der Waals surface area contributed by atoms with Crippen LogP contribution in [-0.4, -0.2) is 28.4 Å². The van der Waals surface area contributed by atoms with Crippen molar-refractivity contribution in [3.8, 4) is 0 Å². The highest BCUT2D eigenvalue weighted by atomic mass is 16.4. The summed E-state index contributed by atoms with van der Waals surface area (Å²) in [6.45, 7) is 0.591. The second-order valence-corrected chi connectivity index (χ2v) is 5.75. The van der Waals surface area contributed by atoms with Crippen molar-refractivity contribution in [3.63, 3.8) is 0 Å². The van der Waals surface area contributed by atoms with Gasteiger partial charge >= 0.3 is 5.97 Å². The standard InChI is InChI=1S/C16H23NO4/c18-15(11-13-5-2-1-3-6-13)17(9-8-16(19)20)12-14-7-4-10-21-14/h4,7,10,13H,1-3,5-6,8-9,11-12H2,(H,19,20). The number of furan rings is 1. The first-order valence-corrected chi connectivity index (χ1v) is 7.67. The molecule has 1 aliphatic carbocycles. The van der Waals surface area contributed by atoms with Gasteiger partial charge in [0.05, 0.1) is 19.2 Å². The first kappa shape index (κ1) is 15.6. The number of hydrogen-bond acceptors (Lipinski definition) is 3. The summed E-state index contributed by atoms with van der Waals surface area (Å²) in [5.74, 6) is 0.303. The lowest BCUT2D eigenvalue weighted by Crippen LogP contribution is -2.34. The van der Waals surface area contributed by atoms with Gasteiger partial charge in [0.15, 0.2) is 0 Å². The average Bonchev–Trinajstić information content (AvgIpc) is 2.97. The summed E-state index contributed by atoms with van der Waals surface area (Å²) in [6, 6.07) is 3.58. The van der Waals surface area contributed by atoms with E-state index in [0.717, 1.165) is 12.8 Å². The monoisotopic (exact) mass is 293 g/mol. The molecular formula is C16H23NO4. The quantitative estimate of drug-likeness (QED) is 0.838. The Labute approximate surface area is 124 Å². The fourth-order valence-electron chi connectivity index (χ4n) is 2.88. The third-order valence-electron chi connectivity index (χ3n) is 4.06. The predicted molar refractivity (Wildman–Crippen MR) is 77.6 cm³/mol. The van der Waals surface area contributed by atoms with Crippen LogP contribution in [0.5, 0.6) is 0 Å². The molecule has 0 aromatic carbocycles. The van der Waals surface area contributed by atoms with E-state index in [4.69, 9.17) is 9.52 Å². The molecular weight excluding hydrogens is 270 g/mol. The van der Waals surface area contributed by atoms with E-state index in [1.54, 1.807) is 17.2 Å². The van der Waals surface area contributed by atoms with Gasteiger partial charge in [-0.3, -0.25) is 9.59 Å². The predicted octanol–water partition coefficient (Wildman–Crippen LogP) is 3.05. The number of hydrogen-bond donors (Lipinski definition) is 1. The van der Waals surface area contributed by atoms with Crippen molar-refractivity contribution in [1.29, 1.82) is 0 Å². The van der Waals surface area contributed by atoms with Gasteiger partial charge in [-0.15, -0.1) is 0 Å². The van der Waals surface area contributed by atoms with Gasteiger partial charge in [-0.05, 0) is 30.9 Å². The normalized spacial score (nSPS) is 15.8. The summed E-state index contributed by atoms with van der Waals surface area (Å²) in [5, 5.41) is 8.83. The van der Waals surface area contributed by atoms with Gasteiger partial charge in [-0.1, -0.05) is 19.3 Å². The Morgan fingerprint density at radius 2 is 2.05 bits per heavy atom. The minimum absolute atomic E-state index is 0.0306. The molecule has 1 aromatic rings. The molecule has 116 valence electrons. The third kappa shape index (κ3) is 5.25. The molecule has 5 heteroatoms. The van der Waals surface area contributed by atoms with E-state index in [9.17, 15) is 9.59 Å². The number of carboxylic acid groups (broad SMARTS) is 1. The molecule has 0 aliphatic heterocycles. The van der Waals surface area contributed by atoms with Crippen molar-refractivity contribution in [2.24, 2.45) is 5.92 Å². The Bertz CT molecular complexity index is 449. The van der Waals surface area contributed by atoms with Crippen LogP contribution in [-0.2, 0) is 16.1 Å². The van der Waals surface area contributed by atoms with Crippen molar-refractivity contribution >= 4 is 11.9 Å². The molecule has 1 aliphatic rings. The molecule has 1 amide bonds. The molecule has 0 radical (unpaired) electrons. The summed E-state index contributed by atoms with van der Waals surface area (Å²) in [5.41, 5.74) is 0. The van der Waals surface area contributed by atoms with Crippen LogP contribution in [0.25, 0.3) is 0 Å². The lowest BCUT2D eigenvalue weighted by molar-refractivity contribution is -0.139. The van der Waals surface area contributed by atoms with Crippen LogP contribution in [0.1, 0.15) is 50.7 Å². The van der Waals surface area contributed by atoms with E-state index in [1.807, 2.05) is 6.07 Å². The minimum Gasteiger partial charge on any atom is -0.481 e. The molecule has 1 saturated carbocycles. The average molecular weight is 293 g/mol. The van der Waals surface area contributed by atoms with Gasteiger partial charge in [0.25, 0.3) is 0 Å². The lowest BCUT2D eigenvalue weighted by Gasteiger charge is -2.26. The van der Waals surface area contributed by atoms with E-state index < -0.39 is 5.97 Å². The van der Waals surface area contributed by atoms with Gasteiger partial charge in [0.2, 0.25) is 5.91 Å².